The van der Waals surface area contributed by atoms with E-state index in [4.69, 9.17) is 0 Å². The highest BCUT2D eigenvalue weighted by Crippen LogP contribution is 2.60. The summed E-state index contributed by atoms with van der Waals surface area (Å²) in [4.78, 5) is 0. The Hall–Kier alpha value is -0.0400. The maximum atomic E-state index is 2.61. The van der Waals surface area contributed by atoms with E-state index in [0.717, 1.165) is 35.8 Å². The van der Waals surface area contributed by atoms with Crippen LogP contribution in [0.3, 0.4) is 0 Å². The molecule has 2 bridgehead atoms. The zero-order valence-corrected chi connectivity index (χ0v) is 17.5. The fraction of sp³-hybridized carbons (Fsp3) is 1.00. The third kappa shape index (κ3) is 2.60. The second-order valence-corrected chi connectivity index (χ2v) is 9.70. The van der Waals surface area contributed by atoms with Crippen LogP contribution in [-0.2, 0) is 0 Å². The molecule has 2 heterocycles. The van der Waals surface area contributed by atoms with Gasteiger partial charge in [-0.1, -0.05) is 54.4 Å². The summed E-state index contributed by atoms with van der Waals surface area (Å²) in [6, 6.07) is 1.96. The first-order valence-electron chi connectivity index (χ1n) is 11.4. The van der Waals surface area contributed by atoms with Gasteiger partial charge < -0.3 is 4.48 Å². The minimum absolute atomic E-state index is 0.598. The van der Waals surface area contributed by atoms with Crippen LogP contribution in [-0.4, -0.2) is 29.7 Å². The molecule has 0 spiro atoms. The minimum Gasteiger partial charge on any atom is -0.318 e. The van der Waals surface area contributed by atoms with Gasteiger partial charge in [0.1, 0.15) is 0 Å². The minimum atomic E-state index is 0.598. The van der Waals surface area contributed by atoms with Crippen LogP contribution in [0.5, 0.6) is 0 Å². The average molecular weight is 335 g/mol. The third-order valence-corrected chi connectivity index (χ3v) is 9.27. The van der Waals surface area contributed by atoms with E-state index < -0.39 is 0 Å². The Balaban J connectivity index is 1.97. The topological polar surface area (TPSA) is 0 Å². The lowest BCUT2D eigenvalue weighted by Gasteiger charge is -2.52. The van der Waals surface area contributed by atoms with E-state index >= 15 is 0 Å². The van der Waals surface area contributed by atoms with Crippen molar-refractivity contribution in [2.24, 2.45) is 29.1 Å². The van der Waals surface area contributed by atoms with Gasteiger partial charge in [-0.2, -0.15) is 0 Å². The van der Waals surface area contributed by atoms with Crippen LogP contribution in [0.15, 0.2) is 0 Å². The largest absolute Gasteiger partial charge is 0.318 e. The van der Waals surface area contributed by atoms with E-state index in [-0.39, 0.29) is 0 Å². The molecule has 0 radical (unpaired) electrons. The van der Waals surface area contributed by atoms with Gasteiger partial charge in [0.05, 0.1) is 25.2 Å². The molecule has 140 valence electrons. The molecule has 0 N–H and O–H groups in total. The van der Waals surface area contributed by atoms with Crippen molar-refractivity contribution in [3.8, 4) is 0 Å². The van der Waals surface area contributed by atoms with Gasteiger partial charge in [-0.3, -0.25) is 0 Å². The summed E-state index contributed by atoms with van der Waals surface area (Å²) in [7, 11) is 0. The number of hydrogen-bond donors (Lipinski definition) is 0. The van der Waals surface area contributed by atoms with Crippen molar-refractivity contribution in [3.63, 3.8) is 0 Å². The van der Waals surface area contributed by atoms with Gasteiger partial charge in [-0.25, -0.2) is 0 Å². The summed E-state index contributed by atoms with van der Waals surface area (Å²) < 4.78 is 1.55. The lowest BCUT2D eigenvalue weighted by Crippen LogP contribution is -2.62. The van der Waals surface area contributed by atoms with Gasteiger partial charge in [0.25, 0.3) is 0 Å². The monoisotopic (exact) mass is 334 g/mol. The van der Waals surface area contributed by atoms with Gasteiger partial charge in [0, 0.05) is 30.1 Å². The van der Waals surface area contributed by atoms with E-state index in [9.17, 15) is 0 Å². The smallest absolute Gasteiger partial charge is 0.0946 e. The van der Waals surface area contributed by atoms with Crippen molar-refractivity contribution in [2.45, 2.75) is 105 Å². The summed E-state index contributed by atoms with van der Waals surface area (Å²) in [6.07, 6.45) is 11.5. The molecule has 2 saturated heterocycles. The number of fused-ring (bicyclic) bond motifs is 4. The van der Waals surface area contributed by atoms with Crippen LogP contribution in [0.4, 0.5) is 0 Å². The van der Waals surface area contributed by atoms with Crippen molar-refractivity contribution in [3.05, 3.63) is 0 Å². The normalized spacial score (nSPS) is 42.5. The van der Waals surface area contributed by atoms with Crippen LogP contribution >= 0.6 is 0 Å². The first kappa shape index (κ1) is 18.7. The molecule has 1 aliphatic carbocycles. The second kappa shape index (κ2) is 6.93. The molecule has 3 fully saturated rings. The van der Waals surface area contributed by atoms with Gasteiger partial charge in [0.15, 0.2) is 0 Å². The molecular weight excluding hydrogens is 290 g/mol. The van der Waals surface area contributed by atoms with Crippen LogP contribution in [0, 0.1) is 29.1 Å². The van der Waals surface area contributed by atoms with Crippen LogP contribution in [0.25, 0.3) is 0 Å². The predicted molar refractivity (Wildman–Crippen MR) is 105 cm³/mol. The Morgan fingerprint density at radius 2 is 1.79 bits per heavy atom. The Morgan fingerprint density at radius 3 is 2.33 bits per heavy atom. The molecule has 7 unspecified atom stereocenters. The zero-order valence-electron chi connectivity index (χ0n) is 17.5. The lowest BCUT2D eigenvalue weighted by atomic mass is 9.69. The van der Waals surface area contributed by atoms with Crippen LogP contribution in [0.1, 0.15) is 92.9 Å². The maximum Gasteiger partial charge on any atom is 0.0946 e. The molecule has 1 nitrogen and oxygen atoms in total. The summed E-state index contributed by atoms with van der Waals surface area (Å²) in [5.74, 6) is 4.10. The second-order valence-electron chi connectivity index (χ2n) is 9.70. The summed E-state index contributed by atoms with van der Waals surface area (Å²) in [5.41, 5.74) is 0.598. The van der Waals surface area contributed by atoms with E-state index in [2.05, 4.69) is 41.5 Å². The van der Waals surface area contributed by atoms with Gasteiger partial charge >= 0.3 is 0 Å². The fourth-order valence-electron chi connectivity index (χ4n) is 8.02. The number of rotatable bonds is 8. The van der Waals surface area contributed by atoms with Crippen LogP contribution < -0.4 is 0 Å². The quantitative estimate of drug-likeness (QED) is 0.459. The average Bonchev–Trinajstić information content (AvgIpc) is 3.27. The first-order chi connectivity index (χ1) is 11.5. The van der Waals surface area contributed by atoms with Crippen molar-refractivity contribution in [2.75, 3.05) is 13.1 Å². The third-order valence-electron chi connectivity index (χ3n) is 9.27. The molecule has 0 amide bonds. The highest BCUT2D eigenvalue weighted by molar-refractivity contribution is 5.03. The van der Waals surface area contributed by atoms with E-state index in [1.165, 1.54) is 58.0 Å². The number of nitrogens with zero attached hydrogens (tertiary/aromatic N) is 1. The first-order valence-corrected chi connectivity index (χ1v) is 11.4. The van der Waals surface area contributed by atoms with Crippen molar-refractivity contribution in [1.82, 2.24) is 0 Å². The van der Waals surface area contributed by atoms with E-state index in [1.54, 1.807) is 10.9 Å². The zero-order chi connectivity index (χ0) is 17.5. The molecule has 3 aliphatic rings. The molecule has 7 atom stereocenters. The maximum absolute atomic E-state index is 2.61. The molecule has 0 aromatic rings. The molecule has 1 heteroatoms. The Morgan fingerprint density at radius 1 is 1.08 bits per heavy atom. The van der Waals surface area contributed by atoms with Crippen LogP contribution in [0.2, 0.25) is 0 Å². The summed E-state index contributed by atoms with van der Waals surface area (Å²) >= 11 is 0. The van der Waals surface area contributed by atoms with Gasteiger partial charge in [-0.15, -0.1) is 0 Å². The number of quaternary nitrogens is 1. The highest BCUT2D eigenvalue weighted by atomic mass is 15.5. The van der Waals surface area contributed by atoms with Crippen molar-refractivity contribution in [1.29, 1.82) is 0 Å². The SMILES string of the molecule is CCCC(CC)(CC)C(CC)[N+]12CCC(C1)C(C)C(CC)C1CC12. The van der Waals surface area contributed by atoms with E-state index in [1.807, 2.05) is 0 Å². The lowest BCUT2D eigenvalue weighted by molar-refractivity contribution is -0.960. The number of hydrogen-bond acceptors (Lipinski definition) is 0. The summed E-state index contributed by atoms with van der Waals surface area (Å²) in [6.45, 7) is 18.0. The Labute approximate surface area is 152 Å². The van der Waals surface area contributed by atoms with Crippen molar-refractivity contribution < 1.29 is 4.48 Å². The van der Waals surface area contributed by atoms with Gasteiger partial charge in [-0.05, 0) is 37.5 Å². The molecule has 2 aliphatic heterocycles. The Kier molecular flexibility index (Phi) is 5.41. The van der Waals surface area contributed by atoms with Crippen molar-refractivity contribution >= 4 is 0 Å². The van der Waals surface area contributed by atoms with Gasteiger partial charge in [0.2, 0.25) is 0 Å². The standard InChI is InChI=1S/C23H44N/c1-7-13-23(10-4,11-5)22(9-3)24-14-12-18(16-24)17(6)19(8-2)20-15-21(20)24/h17-22H,7-16H2,1-6H3/q+1. The molecule has 0 aromatic heterocycles. The molecule has 24 heavy (non-hydrogen) atoms. The summed E-state index contributed by atoms with van der Waals surface area (Å²) in [5, 5.41) is 0. The highest BCUT2D eigenvalue weighted by Gasteiger charge is 2.66. The Bertz CT molecular complexity index is 426. The molecule has 3 rings (SSSR count). The molecule has 0 aromatic carbocycles. The molecule has 1 saturated carbocycles. The molecular formula is C23H44N+. The predicted octanol–water partition coefficient (Wildman–Crippen LogP) is 6.27. The van der Waals surface area contributed by atoms with E-state index in [0.29, 0.717) is 5.41 Å². The fourth-order valence-corrected chi connectivity index (χ4v) is 8.02.